The summed E-state index contributed by atoms with van der Waals surface area (Å²) in [6.45, 7) is 12.2. The molecule has 0 aliphatic carbocycles. The SMILES string of the molecule is Cc1cc(C)c(/C=C/c2onc(C)c2S(=O)(=O)N2CCCC(C(=O)Nc3cccc(C)c3C)C2)c(C)c1. The van der Waals surface area contributed by atoms with E-state index >= 15 is 0 Å². The summed E-state index contributed by atoms with van der Waals surface area (Å²) in [7, 11) is -3.92. The number of sulfonamides is 1. The molecule has 2 heterocycles. The molecule has 1 aliphatic rings. The Balaban J connectivity index is 1.57. The molecule has 37 heavy (non-hydrogen) atoms. The molecule has 1 N–H and O–H groups in total. The molecule has 8 heteroatoms. The van der Waals surface area contributed by atoms with Crippen LogP contribution in [0.25, 0.3) is 12.2 Å². The number of carbonyl (C=O) groups excluding carboxylic acids is 1. The number of rotatable bonds is 6. The van der Waals surface area contributed by atoms with Crippen molar-refractivity contribution in [3.8, 4) is 0 Å². The average Bonchev–Trinajstić information content (AvgIpc) is 3.22. The highest BCUT2D eigenvalue weighted by molar-refractivity contribution is 7.89. The Morgan fingerprint density at radius 2 is 1.76 bits per heavy atom. The van der Waals surface area contributed by atoms with Crippen molar-refractivity contribution < 1.29 is 17.7 Å². The van der Waals surface area contributed by atoms with E-state index in [-0.39, 0.29) is 23.1 Å². The molecule has 1 aliphatic heterocycles. The summed E-state index contributed by atoms with van der Waals surface area (Å²) in [4.78, 5) is 13.2. The third-order valence-electron chi connectivity index (χ3n) is 7.19. The Hall–Kier alpha value is -3.23. The van der Waals surface area contributed by atoms with Crippen LogP contribution in [-0.4, -0.2) is 36.9 Å². The molecule has 0 saturated carbocycles. The van der Waals surface area contributed by atoms with Crippen molar-refractivity contribution in [1.29, 1.82) is 0 Å². The minimum atomic E-state index is -3.92. The summed E-state index contributed by atoms with van der Waals surface area (Å²) in [5, 5.41) is 6.97. The van der Waals surface area contributed by atoms with Gasteiger partial charge in [-0.2, -0.15) is 4.31 Å². The zero-order chi connectivity index (χ0) is 26.9. The third-order valence-corrected chi connectivity index (χ3v) is 9.21. The van der Waals surface area contributed by atoms with E-state index in [2.05, 4.69) is 22.6 Å². The minimum absolute atomic E-state index is 0.0572. The summed E-state index contributed by atoms with van der Waals surface area (Å²) in [6, 6.07) is 9.95. The van der Waals surface area contributed by atoms with E-state index in [1.807, 2.05) is 58.9 Å². The number of piperidine rings is 1. The van der Waals surface area contributed by atoms with Gasteiger partial charge in [-0.05, 0) is 94.3 Å². The van der Waals surface area contributed by atoms with Crippen molar-refractivity contribution in [2.45, 2.75) is 59.3 Å². The summed E-state index contributed by atoms with van der Waals surface area (Å²) < 4.78 is 34.4. The highest BCUT2D eigenvalue weighted by Gasteiger charge is 2.37. The van der Waals surface area contributed by atoms with Crippen LogP contribution in [0.1, 0.15) is 57.7 Å². The quantitative estimate of drug-likeness (QED) is 0.447. The van der Waals surface area contributed by atoms with Crippen molar-refractivity contribution in [3.05, 3.63) is 75.2 Å². The summed E-state index contributed by atoms with van der Waals surface area (Å²) in [5.74, 6) is -0.416. The van der Waals surface area contributed by atoms with Crippen LogP contribution in [0, 0.1) is 47.5 Å². The summed E-state index contributed by atoms with van der Waals surface area (Å²) in [6.07, 6.45) is 4.78. The van der Waals surface area contributed by atoms with Gasteiger partial charge in [0.15, 0.2) is 10.7 Å². The number of benzene rings is 2. The predicted octanol–water partition coefficient (Wildman–Crippen LogP) is 5.73. The van der Waals surface area contributed by atoms with Gasteiger partial charge in [0.25, 0.3) is 0 Å². The van der Waals surface area contributed by atoms with Crippen molar-refractivity contribution in [1.82, 2.24) is 9.46 Å². The van der Waals surface area contributed by atoms with E-state index in [9.17, 15) is 13.2 Å². The molecule has 2 aromatic carbocycles. The number of nitrogens with zero attached hydrogens (tertiary/aromatic N) is 2. The Bertz CT molecular complexity index is 1450. The molecule has 0 bridgehead atoms. The number of carbonyl (C=O) groups is 1. The number of anilines is 1. The fourth-order valence-corrected chi connectivity index (χ4v) is 6.81. The normalized spacial score (nSPS) is 16.9. The molecule has 0 radical (unpaired) electrons. The van der Waals surface area contributed by atoms with E-state index in [1.165, 1.54) is 9.87 Å². The van der Waals surface area contributed by atoms with Crippen LogP contribution in [0.4, 0.5) is 5.69 Å². The lowest BCUT2D eigenvalue weighted by molar-refractivity contribution is -0.120. The van der Waals surface area contributed by atoms with Crippen molar-refractivity contribution in [2.24, 2.45) is 5.92 Å². The van der Waals surface area contributed by atoms with Gasteiger partial charge >= 0.3 is 0 Å². The average molecular weight is 522 g/mol. The van der Waals surface area contributed by atoms with Crippen LogP contribution < -0.4 is 5.32 Å². The number of hydrogen-bond acceptors (Lipinski definition) is 5. The van der Waals surface area contributed by atoms with Crippen LogP contribution in [0.2, 0.25) is 0 Å². The maximum Gasteiger partial charge on any atom is 0.248 e. The maximum atomic E-state index is 13.8. The van der Waals surface area contributed by atoms with E-state index in [4.69, 9.17) is 4.52 Å². The fraction of sp³-hybridized carbons (Fsp3) is 0.379. The number of aryl methyl sites for hydroxylation is 5. The molecule has 1 atom stereocenters. The number of amides is 1. The van der Waals surface area contributed by atoms with Gasteiger partial charge in [-0.25, -0.2) is 8.42 Å². The second-order valence-electron chi connectivity index (χ2n) is 10.0. The van der Waals surface area contributed by atoms with Crippen LogP contribution in [0.3, 0.4) is 0 Å². The molecule has 3 aromatic rings. The Labute approximate surface area is 219 Å². The molecular weight excluding hydrogens is 486 g/mol. The van der Waals surface area contributed by atoms with Gasteiger partial charge in [0.2, 0.25) is 15.9 Å². The molecule has 0 spiro atoms. The molecule has 1 aromatic heterocycles. The number of hydrogen-bond donors (Lipinski definition) is 1. The van der Waals surface area contributed by atoms with Crippen molar-refractivity contribution in [2.75, 3.05) is 18.4 Å². The first kappa shape index (κ1) is 26.8. The first-order valence-electron chi connectivity index (χ1n) is 12.6. The molecule has 4 rings (SSSR count). The second kappa shape index (κ2) is 10.6. The lowest BCUT2D eigenvalue weighted by atomic mass is 9.98. The topological polar surface area (TPSA) is 92.5 Å². The van der Waals surface area contributed by atoms with Gasteiger partial charge in [-0.15, -0.1) is 0 Å². The van der Waals surface area contributed by atoms with Crippen molar-refractivity contribution >= 4 is 33.8 Å². The molecule has 196 valence electrons. The molecule has 1 fully saturated rings. The largest absolute Gasteiger partial charge is 0.355 e. The molecule has 1 amide bonds. The maximum absolute atomic E-state index is 13.8. The number of aromatic nitrogens is 1. The van der Waals surface area contributed by atoms with Gasteiger partial charge < -0.3 is 9.84 Å². The standard InChI is InChI=1S/C29H35N3O4S/c1-18-15-20(3)25(21(4)16-18)12-13-27-28(23(6)31-36-27)37(34,35)32-14-8-10-24(17-32)29(33)30-26-11-7-9-19(2)22(26)5/h7,9,11-13,15-16,24H,8,10,14,17H2,1-6H3,(H,30,33)/b13-12+. The van der Waals surface area contributed by atoms with Gasteiger partial charge in [-0.1, -0.05) is 41.1 Å². The van der Waals surface area contributed by atoms with E-state index < -0.39 is 15.9 Å². The Kier molecular flexibility index (Phi) is 7.71. The van der Waals surface area contributed by atoms with E-state index in [0.29, 0.717) is 25.1 Å². The summed E-state index contributed by atoms with van der Waals surface area (Å²) in [5.41, 5.74) is 7.55. The van der Waals surface area contributed by atoms with Crippen molar-refractivity contribution in [3.63, 3.8) is 0 Å². The third kappa shape index (κ3) is 5.55. The Morgan fingerprint density at radius 1 is 1.05 bits per heavy atom. The predicted molar refractivity (Wildman–Crippen MR) is 147 cm³/mol. The molecular formula is C29H35N3O4S. The van der Waals surface area contributed by atoms with Crippen LogP contribution in [0.5, 0.6) is 0 Å². The molecule has 1 unspecified atom stereocenters. The second-order valence-corrected chi connectivity index (χ2v) is 11.9. The first-order valence-corrected chi connectivity index (χ1v) is 14.0. The van der Waals surface area contributed by atoms with E-state index in [1.54, 1.807) is 13.0 Å². The number of nitrogens with one attached hydrogen (secondary N) is 1. The molecule has 1 saturated heterocycles. The highest BCUT2D eigenvalue weighted by atomic mass is 32.2. The van der Waals surface area contributed by atoms with Crippen LogP contribution in [0.15, 0.2) is 39.8 Å². The minimum Gasteiger partial charge on any atom is -0.355 e. The fourth-order valence-electron chi connectivity index (χ4n) is 5.04. The lowest BCUT2D eigenvalue weighted by Crippen LogP contribution is -2.44. The lowest BCUT2D eigenvalue weighted by Gasteiger charge is -2.31. The van der Waals surface area contributed by atoms with Gasteiger partial charge in [-0.3, -0.25) is 4.79 Å². The van der Waals surface area contributed by atoms with E-state index in [0.717, 1.165) is 33.5 Å². The van der Waals surface area contributed by atoms with Gasteiger partial charge in [0.1, 0.15) is 5.69 Å². The van der Waals surface area contributed by atoms with Crippen LogP contribution in [-0.2, 0) is 14.8 Å². The Morgan fingerprint density at radius 3 is 2.46 bits per heavy atom. The zero-order valence-electron chi connectivity index (χ0n) is 22.4. The highest BCUT2D eigenvalue weighted by Crippen LogP contribution is 2.30. The smallest absolute Gasteiger partial charge is 0.248 e. The van der Waals surface area contributed by atoms with Crippen LogP contribution >= 0.6 is 0 Å². The summed E-state index contributed by atoms with van der Waals surface area (Å²) >= 11 is 0. The molecule has 7 nitrogen and oxygen atoms in total. The monoisotopic (exact) mass is 521 g/mol. The zero-order valence-corrected chi connectivity index (χ0v) is 23.2. The van der Waals surface area contributed by atoms with Gasteiger partial charge in [0, 0.05) is 18.8 Å². The first-order chi connectivity index (χ1) is 17.5. The van der Waals surface area contributed by atoms with Gasteiger partial charge in [0.05, 0.1) is 5.92 Å².